The fourth-order valence-corrected chi connectivity index (χ4v) is 8.79. The molecule has 0 fully saturated rings. The van der Waals surface area contributed by atoms with E-state index in [1.807, 2.05) is 135 Å². The van der Waals surface area contributed by atoms with Crippen molar-refractivity contribution < 1.29 is 76.3 Å². The summed E-state index contributed by atoms with van der Waals surface area (Å²) in [5.74, 6) is -4.75. The van der Waals surface area contributed by atoms with Gasteiger partial charge in [-0.05, 0) is 159 Å². The molecule has 6 aromatic rings. The molecule has 0 aliphatic heterocycles. The molecule has 0 bridgehead atoms. The first-order valence-electron chi connectivity index (χ1n) is 28.4. The minimum absolute atomic E-state index is 0.0268. The maximum absolute atomic E-state index is 12.9. The lowest BCUT2D eigenvalue weighted by Gasteiger charge is -2.28. The lowest BCUT2D eigenvalue weighted by atomic mass is 9.98. The molecule has 88 heavy (non-hydrogen) atoms. The van der Waals surface area contributed by atoms with Crippen molar-refractivity contribution in [2.45, 2.75) is 67.2 Å². The molecule has 0 atom stereocenters. The molecule has 0 aliphatic rings. The van der Waals surface area contributed by atoms with Crippen LogP contribution in [0.3, 0.4) is 0 Å². The molecule has 458 valence electrons. The fraction of sp³-hybridized carbons (Fsp3) is 0.257. The number of ether oxygens (including phenoxy) is 8. The Morgan fingerprint density at radius 1 is 0.318 bits per heavy atom. The topological polar surface area (TPSA) is 217 Å². The van der Waals surface area contributed by atoms with Crippen LogP contribution in [0.25, 0.3) is 11.1 Å². The van der Waals surface area contributed by atoms with Crippen molar-refractivity contribution in [3.63, 3.8) is 0 Å². The van der Waals surface area contributed by atoms with Crippen molar-refractivity contribution in [3.05, 3.63) is 215 Å². The Morgan fingerprint density at radius 3 is 0.727 bits per heavy atom. The van der Waals surface area contributed by atoms with Gasteiger partial charge in [0.05, 0.1) is 74.4 Å². The Balaban J connectivity index is 1.29. The number of esters is 8. The maximum Gasteiger partial charge on any atom is 0.336 e. The summed E-state index contributed by atoms with van der Waals surface area (Å²) < 4.78 is 41.0. The highest BCUT2D eigenvalue weighted by Gasteiger charge is 2.22. The van der Waals surface area contributed by atoms with E-state index in [9.17, 15) is 38.4 Å². The molecule has 0 unspecified atom stereocenters. The van der Waals surface area contributed by atoms with Gasteiger partial charge >= 0.3 is 47.8 Å². The van der Waals surface area contributed by atoms with Gasteiger partial charge in [-0.3, -0.25) is 19.2 Å². The van der Waals surface area contributed by atoms with Gasteiger partial charge < -0.3 is 47.7 Å². The van der Waals surface area contributed by atoms with Gasteiger partial charge in [0.1, 0.15) is 26.4 Å². The van der Waals surface area contributed by atoms with Gasteiger partial charge in [-0.25, -0.2) is 19.2 Å². The number of aryl methyl sites for hydroxylation is 2. The molecule has 0 aromatic heterocycles. The smallest absolute Gasteiger partial charge is 0.336 e. The molecule has 6 rings (SSSR count). The molecule has 0 saturated carbocycles. The first-order chi connectivity index (χ1) is 42.2. The summed E-state index contributed by atoms with van der Waals surface area (Å²) in [5.41, 5.74) is 11.1. The average molecular weight is 1200 g/mol. The molecule has 18 heteroatoms. The summed E-state index contributed by atoms with van der Waals surface area (Å²) in [4.78, 5) is 104. The lowest BCUT2D eigenvalue weighted by molar-refractivity contribution is -0.145. The third-order valence-electron chi connectivity index (χ3n) is 13.3. The van der Waals surface area contributed by atoms with Crippen LogP contribution in [0.15, 0.2) is 182 Å². The number of anilines is 6. The highest BCUT2D eigenvalue weighted by molar-refractivity contribution is 5.91. The number of benzene rings is 6. The van der Waals surface area contributed by atoms with Crippen LogP contribution >= 0.6 is 0 Å². The van der Waals surface area contributed by atoms with Crippen molar-refractivity contribution in [1.82, 2.24) is 0 Å². The third-order valence-corrected chi connectivity index (χ3v) is 13.3. The Kier molecular flexibility index (Phi) is 24.9. The van der Waals surface area contributed by atoms with E-state index in [4.69, 9.17) is 37.9 Å². The SMILES string of the molecule is C=C(COC(=O)Cc1ccc(N(c2ccc(CC(=O)OCC(=C)C(=O)OCC)cc2)c2ccc(-c3ccc(N(c4ccc(CC(=O)OCC(=C)C(=O)OCC)cc4)c4ccc(CC(=O)OCC(=C)C(=O)OCC)cc4)c(C)c3)cc2C)cc1)C(=O)OCC. The number of hydrogen-bond acceptors (Lipinski definition) is 18. The molecule has 18 nitrogen and oxygen atoms in total. The summed E-state index contributed by atoms with van der Waals surface area (Å²) in [5, 5.41) is 0. The number of carbonyl (C=O) groups excluding carboxylic acids is 8. The largest absolute Gasteiger partial charge is 0.463 e. The quantitative estimate of drug-likeness (QED) is 0.0224. The van der Waals surface area contributed by atoms with Gasteiger partial charge in [0, 0.05) is 34.1 Å². The number of carbonyl (C=O) groups is 8. The number of hydrogen-bond donors (Lipinski definition) is 0. The Labute approximate surface area is 512 Å². The second kappa shape index (κ2) is 32.8. The zero-order valence-electron chi connectivity index (χ0n) is 50.4. The summed E-state index contributed by atoms with van der Waals surface area (Å²) in [6.07, 6.45) is -0.258. The van der Waals surface area contributed by atoms with Crippen molar-refractivity contribution in [2.24, 2.45) is 0 Å². The van der Waals surface area contributed by atoms with Gasteiger partial charge in [0.25, 0.3) is 0 Å². The normalized spacial score (nSPS) is 10.6. The lowest BCUT2D eigenvalue weighted by Crippen LogP contribution is -2.16. The third kappa shape index (κ3) is 19.3. The van der Waals surface area contributed by atoms with Crippen LogP contribution in [0, 0.1) is 13.8 Å². The van der Waals surface area contributed by atoms with E-state index in [0.717, 1.165) is 56.4 Å². The standard InChI is InChI=1S/C70H72N2O16/c1-11-81-67(77)47(7)41-85-63(73)37-51-15-25-57(26-16-51)71(58-27-17-52(18-28-58)38-64(74)86-42-48(8)68(78)82-12-2)61-33-23-55(35-45(61)5)56-24-34-62(46(6)36-56)72(59-29-19-53(20-30-59)39-65(75)87-43-49(9)69(79)83-13-3)60-31-21-54(22-32-60)40-66(76)88-44-50(10)70(80)84-14-4/h15-36H,7-14,37-44H2,1-6H3. The van der Waals surface area contributed by atoms with Crippen LogP contribution in [-0.4, -0.2) is 101 Å². The van der Waals surface area contributed by atoms with Crippen molar-refractivity contribution >= 4 is 81.9 Å². The molecule has 0 spiro atoms. The van der Waals surface area contributed by atoms with Crippen LogP contribution in [-0.2, 0) is 102 Å². The van der Waals surface area contributed by atoms with Gasteiger partial charge in [-0.15, -0.1) is 0 Å². The molecule has 0 saturated heterocycles. The minimum Gasteiger partial charge on any atom is -0.463 e. The van der Waals surface area contributed by atoms with E-state index >= 15 is 0 Å². The molecular weight excluding hydrogens is 1120 g/mol. The minimum atomic E-state index is -0.637. The Morgan fingerprint density at radius 2 is 0.534 bits per heavy atom. The van der Waals surface area contributed by atoms with Crippen LogP contribution in [0.5, 0.6) is 0 Å². The van der Waals surface area contributed by atoms with E-state index < -0.39 is 47.8 Å². The van der Waals surface area contributed by atoms with E-state index in [-0.39, 0.29) is 101 Å². The fourth-order valence-electron chi connectivity index (χ4n) is 8.79. The van der Waals surface area contributed by atoms with Crippen LogP contribution in [0.4, 0.5) is 34.1 Å². The van der Waals surface area contributed by atoms with Crippen molar-refractivity contribution in [3.8, 4) is 11.1 Å². The van der Waals surface area contributed by atoms with Gasteiger partial charge in [0.15, 0.2) is 0 Å². The molecule has 0 aliphatic carbocycles. The number of nitrogens with zero attached hydrogens (tertiary/aromatic N) is 2. The van der Waals surface area contributed by atoms with Crippen LogP contribution in [0.1, 0.15) is 61.1 Å². The molecule has 0 radical (unpaired) electrons. The van der Waals surface area contributed by atoms with E-state index in [0.29, 0.717) is 22.3 Å². The summed E-state index contributed by atoms with van der Waals surface area (Å²) in [6, 6.07) is 41.9. The monoisotopic (exact) mass is 1200 g/mol. The highest BCUT2D eigenvalue weighted by Crippen LogP contribution is 2.41. The number of rotatable bonds is 31. The van der Waals surface area contributed by atoms with E-state index in [1.165, 1.54) is 0 Å². The second-order valence-electron chi connectivity index (χ2n) is 20.0. The first kappa shape index (κ1) is 66.8. The van der Waals surface area contributed by atoms with Gasteiger partial charge in [-0.2, -0.15) is 0 Å². The molecular formula is C70H72N2O16. The highest BCUT2D eigenvalue weighted by atomic mass is 16.6. The van der Waals surface area contributed by atoms with Crippen LogP contribution < -0.4 is 9.80 Å². The average Bonchev–Trinajstić information content (AvgIpc) is 1.10. The molecule has 0 N–H and O–H groups in total. The summed E-state index contributed by atoms with van der Waals surface area (Å²) in [7, 11) is 0. The zero-order valence-corrected chi connectivity index (χ0v) is 50.4. The van der Waals surface area contributed by atoms with E-state index in [2.05, 4.69) is 48.2 Å². The van der Waals surface area contributed by atoms with Crippen LogP contribution in [0.2, 0.25) is 0 Å². The van der Waals surface area contributed by atoms with Crippen molar-refractivity contribution in [2.75, 3.05) is 62.7 Å². The maximum atomic E-state index is 12.9. The Bertz CT molecular complexity index is 3130. The predicted molar refractivity (Wildman–Crippen MR) is 332 cm³/mol. The summed E-state index contributed by atoms with van der Waals surface area (Å²) >= 11 is 0. The Hall–Kier alpha value is -10.4. The van der Waals surface area contributed by atoms with Gasteiger partial charge in [-0.1, -0.05) is 87.0 Å². The molecule has 0 heterocycles. The first-order valence-corrected chi connectivity index (χ1v) is 28.4. The summed E-state index contributed by atoms with van der Waals surface area (Å²) in [6.45, 7) is 24.8. The van der Waals surface area contributed by atoms with Gasteiger partial charge in [0.2, 0.25) is 0 Å². The molecule has 0 amide bonds. The second-order valence-corrected chi connectivity index (χ2v) is 20.0. The van der Waals surface area contributed by atoms with Crippen molar-refractivity contribution in [1.29, 1.82) is 0 Å². The predicted octanol–water partition coefficient (Wildman–Crippen LogP) is 11.7. The molecule has 6 aromatic carbocycles. The zero-order chi connectivity index (χ0) is 63.9. The van der Waals surface area contributed by atoms with E-state index in [1.54, 1.807) is 27.7 Å².